The summed E-state index contributed by atoms with van der Waals surface area (Å²) in [6, 6.07) is 21.8. The molecule has 4 nitrogen and oxygen atoms in total. The number of aromatic nitrogens is 2. The Morgan fingerprint density at radius 3 is 2.32 bits per heavy atom. The Labute approximate surface area is 183 Å². The van der Waals surface area contributed by atoms with E-state index in [0.717, 1.165) is 32.3 Å². The number of benzene rings is 3. The molecule has 5 aromatic rings. The predicted molar refractivity (Wildman–Crippen MR) is 129 cm³/mol. The van der Waals surface area contributed by atoms with Crippen LogP contribution >= 0.6 is 11.3 Å². The smallest absolute Gasteiger partial charge is 0.287 e. The average molecular weight is 427 g/mol. The van der Waals surface area contributed by atoms with Gasteiger partial charge in [-0.3, -0.25) is 9.36 Å². The van der Waals surface area contributed by atoms with Crippen molar-refractivity contribution >= 4 is 31.6 Å². The topological polar surface area (TPSA) is 44.0 Å². The Morgan fingerprint density at radius 1 is 0.839 bits per heavy atom. The molecule has 3 aromatic carbocycles. The second kappa shape index (κ2) is 7.36. The van der Waals surface area contributed by atoms with Gasteiger partial charge in [-0.05, 0) is 55.7 Å². The first kappa shape index (κ1) is 19.5. The van der Waals surface area contributed by atoms with Crippen molar-refractivity contribution in [3.05, 3.63) is 110 Å². The zero-order valence-electron chi connectivity index (χ0n) is 17.7. The van der Waals surface area contributed by atoms with E-state index in [1.807, 2.05) is 87.5 Å². The number of aryl methyl sites for hydroxylation is 3. The van der Waals surface area contributed by atoms with Gasteiger partial charge >= 0.3 is 5.69 Å². The number of hydrogen-bond donors (Lipinski definition) is 0. The van der Waals surface area contributed by atoms with Crippen LogP contribution < -0.4 is 11.2 Å². The van der Waals surface area contributed by atoms with Crippen LogP contribution in [-0.4, -0.2) is 9.13 Å². The van der Waals surface area contributed by atoms with E-state index in [1.54, 1.807) is 4.57 Å². The maximum Gasteiger partial charge on any atom is 0.336 e. The molecular weight excluding hydrogens is 404 g/mol. The fourth-order valence-corrected chi connectivity index (χ4v) is 5.10. The molecule has 5 rings (SSSR count). The maximum atomic E-state index is 13.7. The number of hydrogen-bond acceptors (Lipinski definition) is 3. The lowest BCUT2D eigenvalue weighted by Crippen LogP contribution is -2.38. The van der Waals surface area contributed by atoms with E-state index in [2.05, 4.69) is 0 Å². The van der Waals surface area contributed by atoms with Crippen LogP contribution in [0.5, 0.6) is 0 Å². The van der Waals surface area contributed by atoms with Crippen molar-refractivity contribution < 1.29 is 0 Å². The van der Waals surface area contributed by atoms with E-state index < -0.39 is 0 Å². The number of rotatable bonds is 3. The number of fused-ring (bicyclic) bond motifs is 3. The molecule has 2 aromatic heterocycles. The lowest BCUT2D eigenvalue weighted by Gasteiger charge is -2.14. The van der Waals surface area contributed by atoms with Crippen LogP contribution in [0, 0.1) is 20.8 Å². The SMILES string of the molecule is Cc1ccc(Cn2c(=O)n(-c3ccc(C)c(C)c3)c(=O)c3sc4ccccc4c32)cc1. The molecule has 0 aliphatic carbocycles. The monoisotopic (exact) mass is 426 g/mol. The van der Waals surface area contributed by atoms with Crippen LogP contribution in [-0.2, 0) is 6.54 Å². The molecule has 31 heavy (non-hydrogen) atoms. The highest BCUT2D eigenvalue weighted by Gasteiger charge is 2.19. The third-order valence-electron chi connectivity index (χ3n) is 5.87. The van der Waals surface area contributed by atoms with Gasteiger partial charge in [-0.15, -0.1) is 11.3 Å². The van der Waals surface area contributed by atoms with Crippen LogP contribution in [0.4, 0.5) is 0 Å². The van der Waals surface area contributed by atoms with Gasteiger partial charge < -0.3 is 0 Å². The van der Waals surface area contributed by atoms with Crippen LogP contribution in [0.1, 0.15) is 22.3 Å². The quantitative estimate of drug-likeness (QED) is 0.391. The lowest BCUT2D eigenvalue weighted by atomic mass is 10.1. The lowest BCUT2D eigenvalue weighted by molar-refractivity contribution is 0.717. The van der Waals surface area contributed by atoms with E-state index >= 15 is 0 Å². The largest absolute Gasteiger partial charge is 0.336 e. The Morgan fingerprint density at radius 2 is 1.58 bits per heavy atom. The van der Waals surface area contributed by atoms with Gasteiger partial charge in [0, 0.05) is 10.1 Å². The van der Waals surface area contributed by atoms with Crippen molar-refractivity contribution in [1.82, 2.24) is 9.13 Å². The minimum atomic E-state index is -0.315. The van der Waals surface area contributed by atoms with Gasteiger partial charge in [-0.2, -0.15) is 0 Å². The van der Waals surface area contributed by atoms with Gasteiger partial charge in [0.15, 0.2) is 0 Å². The number of thiophene rings is 1. The minimum absolute atomic E-state index is 0.260. The molecule has 0 radical (unpaired) electrons. The van der Waals surface area contributed by atoms with Gasteiger partial charge in [-0.1, -0.05) is 54.1 Å². The fourth-order valence-electron chi connectivity index (χ4n) is 3.96. The zero-order valence-corrected chi connectivity index (χ0v) is 18.5. The van der Waals surface area contributed by atoms with Crippen molar-refractivity contribution in [3.8, 4) is 5.69 Å². The Hall–Kier alpha value is -3.44. The summed E-state index contributed by atoms with van der Waals surface area (Å²) in [5, 5.41) is 0.941. The van der Waals surface area contributed by atoms with E-state index in [1.165, 1.54) is 21.5 Å². The molecule has 0 atom stereocenters. The molecule has 0 N–H and O–H groups in total. The molecule has 0 aliphatic heterocycles. The normalized spacial score (nSPS) is 11.5. The Bertz CT molecular complexity index is 1570. The molecule has 0 unspecified atom stereocenters. The third-order valence-corrected chi connectivity index (χ3v) is 7.02. The highest BCUT2D eigenvalue weighted by Crippen LogP contribution is 2.31. The summed E-state index contributed by atoms with van der Waals surface area (Å²) in [6.45, 7) is 6.46. The molecule has 0 fully saturated rings. The standard InChI is InChI=1S/C26H22N2O2S/c1-16-8-11-19(12-9-16)15-27-23-21-6-4-5-7-22(21)31-24(23)25(29)28(26(27)30)20-13-10-17(2)18(3)14-20/h4-14H,15H2,1-3H3. The maximum absolute atomic E-state index is 13.7. The van der Waals surface area contributed by atoms with Crippen LogP contribution in [0.25, 0.3) is 26.0 Å². The van der Waals surface area contributed by atoms with Gasteiger partial charge in [0.25, 0.3) is 5.56 Å². The average Bonchev–Trinajstić information content (AvgIpc) is 3.15. The van der Waals surface area contributed by atoms with E-state index in [9.17, 15) is 9.59 Å². The summed E-state index contributed by atoms with van der Waals surface area (Å²) in [4.78, 5) is 27.3. The van der Waals surface area contributed by atoms with Gasteiger partial charge in [-0.25, -0.2) is 9.36 Å². The number of nitrogens with zero attached hydrogens (tertiary/aromatic N) is 2. The van der Waals surface area contributed by atoms with Crippen molar-refractivity contribution in [1.29, 1.82) is 0 Å². The molecule has 0 saturated carbocycles. The second-order valence-electron chi connectivity index (χ2n) is 8.04. The molecule has 2 heterocycles. The van der Waals surface area contributed by atoms with Crippen molar-refractivity contribution in [2.24, 2.45) is 0 Å². The molecule has 0 aliphatic rings. The molecular formula is C26H22N2O2S. The summed E-state index contributed by atoms with van der Waals surface area (Å²) in [7, 11) is 0. The van der Waals surface area contributed by atoms with Crippen molar-refractivity contribution in [2.45, 2.75) is 27.3 Å². The fraction of sp³-hybridized carbons (Fsp3) is 0.154. The summed E-state index contributed by atoms with van der Waals surface area (Å²) in [5.41, 5.74) is 5.11. The third kappa shape index (κ3) is 3.22. The molecule has 0 spiro atoms. The molecule has 0 saturated heterocycles. The van der Waals surface area contributed by atoms with Gasteiger partial charge in [0.1, 0.15) is 4.70 Å². The van der Waals surface area contributed by atoms with E-state index in [0.29, 0.717) is 16.9 Å². The minimum Gasteiger partial charge on any atom is -0.287 e. The first-order chi connectivity index (χ1) is 14.9. The summed E-state index contributed by atoms with van der Waals surface area (Å²) in [5.74, 6) is 0. The Kier molecular flexibility index (Phi) is 4.63. The molecule has 154 valence electrons. The molecule has 0 amide bonds. The highest BCUT2D eigenvalue weighted by molar-refractivity contribution is 7.25. The molecule has 5 heteroatoms. The first-order valence-electron chi connectivity index (χ1n) is 10.2. The first-order valence-corrected chi connectivity index (χ1v) is 11.1. The zero-order chi connectivity index (χ0) is 21.7. The van der Waals surface area contributed by atoms with Crippen molar-refractivity contribution in [3.63, 3.8) is 0 Å². The van der Waals surface area contributed by atoms with Crippen molar-refractivity contribution in [2.75, 3.05) is 0 Å². The van der Waals surface area contributed by atoms with E-state index in [4.69, 9.17) is 0 Å². The molecule has 0 bridgehead atoms. The van der Waals surface area contributed by atoms with Gasteiger partial charge in [0.2, 0.25) is 0 Å². The Balaban J connectivity index is 1.88. The van der Waals surface area contributed by atoms with Crippen LogP contribution in [0.3, 0.4) is 0 Å². The van der Waals surface area contributed by atoms with Crippen LogP contribution in [0.2, 0.25) is 0 Å². The van der Waals surface area contributed by atoms with Gasteiger partial charge in [0.05, 0.1) is 17.7 Å². The van der Waals surface area contributed by atoms with Crippen LogP contribution in [0.15, 0.2) is 76.3 Å². The highest BCUT2D eigenvalue weighted by atomic mass is 32.1. The predicted octanol–water partition coefficient (Wildman–Crippen LogP) is 5.34. The van der Waals surface area contributed by atoms with E-state index in [-0.39, 0.29) is 11.2 Å². The second-order valence-corrected chi connectivity index (χ2v) is 9.09. The summed E-state index contributed by atoms with van der Waals surface area (Å²) < 4.78 is 4.67. The summed E-state index contributed by atoms with van der Waals surface area (Å²) >= 11 is 1.45. The summed E-state index contributed by atoms with van der Waals surface area (Å²) in [6.07, 6.45) is 0.